The van der Waals surface area contributed by atoms with Crippen molar-refractivity contribution in [1.82, 2.24) is 9.36 Å². The van der Waals surface area contributed by atoms with Gasteiger partial charge in [-0.25, -0.2) is 9.37 Å². The van der Waals surface area contributed by atoms with Gasteiger partial charge in [0, 0.05) is 10.6 Å². The monoisotopic (exact) mass is 241 g/mol. The van der Waals surface area contributed by atoms with Gasteiger partial charge in [-0.1, -0.05) is 11.8 Å². The summed E-state index contributed by atoms with van der Waals surface area (Å²) in [6.45, 7) is 1.81. The van der Waals surface area contributed by atoms with E-state index in [1.165, 1.54) is 35.4 Å². The third-order valence-electron chi connectivity index (χ3n) is 1.68. The van der Waals surface area contributed by atoms with Crippen LogP contribution in [0.5, 0.6) is 0 Å². The van der Waals surface area contributed by atoms with Crippen LogP contribution in [0.15, 0.2) is 27.4 Å². The number of nitrogens with two attached hydrogens (primary N) is 1. The Morgan fingerprint density at radius 3 is 2.93 bits per heavy atom. The van der Waals surface area contributed by atoms with Crippen LogP contribution < -0.4 is 5.73 Å². The third kappa shape index (κ3) is 2.45. The Bertz CT molecular complexity index is 484. The van der Waals surface area contributed by atoms with Gasteiger partial charge in [-0.3, -0.25) is 0 Å². The Balaban J connectivity index is 2.27. The average Bonchev–Trinajstić information content (AvgIpc) is 2.58. The summed E-state index contributed by atoms with van der Waals surface area (Å²) in [6.07, 6.45) is 0. The summed E-state index contributed by atoms with van der Waals surface area (Å²) in [5.74, 6) is 0.422. The first-order chi connectivity index (χ1) is 7.15. The van der Waals surface area contributed by atoms with Crippen molar-refractivity contribution in [1.29, 1.82) is 0 Å². The van der Waals surface area contributed by atoms with E-state index in [1.54, 1.807) is 6.07 Å². The highest BCUT2D eigenvalue weighted by atomic mass is 32.2. The smallest absolute Gasteiger partial charge is 0.174 e. The number of hydrogen-bond donors (Lipinski definition) is 1. The lowest BCUT2D eigenvalue weighted by Gasteiger charge is -2.01. The quantitative estimate of drug-likeness (QED) is 0.821. The van der Waals surface area contributed by atoms with Crippen molar-refractivity contribution in [3.05, 3.63) is 29.8 Å². The maximum Gasteiger partial charge on any atom is 0.174 e. The van der Waals surface area contributed by atoms with E-state index in [4.69, 9.17) is 5.73 Å². The van der Waals surface area contributed by atoms with E-state index >= 15 is 0 Å². The number of benzene rings is 1. The van der Waals surface area contributed by atoms with E-state index < -0.39 is 0 Å². The van der Waals surface area contributed by atoms with Crippen LogP contribution >= 0.6 is 23.3 Å². The minimum atomic E-state index is -0.298. The van der Waals surface area contributed by atoms with Crippen molar-refractivity contribution in [2.45, 2.75) is 16.2 Å². The van der Waals surface area contributed by atoms with Gasteiger partial charge >= 0.3 is 0 Å². The largest absolute Gasteiger partial charge is 0.398 e. The second-order valence-electron chi connectivity index (χ2n) is 2.89. The zero-order chi connectivity index (χ0) is 10.8. The molecule has 1 aromatic heterocycles. The number of nitrogens with zero attached hydrogens (tertiary/aromatic N) is 2. The van der Waals surface area contributed by atoms with Gasteiger partial charge in [0.1, 0.15) is 11.6 Å². The zero-order valence-corrected chi connectivity index (χ0v) is 9.53. The molecule has 0 radical (unpaired) electrons. The van der Waals surface area contributed by atoms with Crippen molar-refractivity contribution in [3.8, 4) is 0 Å². The molecule has 0 aliphatic rings. The molecule has 2 aromatic rings. The van der Waals surface area contributed by atoms with Gasteiger partial charge in [0.15, 0.2) is 4.34 Å². The SMILES string of the molecule is Cc1nsc(Sc2cc(F)ccc2N)n1. The lowest BCUT2D eigenvalue weighted by molar-refractivity contribution is 0.624. The normalized spacial score (nSPS) is 10.5. The first-order valence-electron chi connectivity index (χ1n) is 4.18. The number of aromatic nitrogens is 2. The second kappa shape index (κ2) is 4.16. The van der Waals surface area contributed by atoms with Gasteiger partial charge in [0.25, 0.3) is 0 Å². The summed E-state index contributed by atoms with van der Waals surface area (Å²) >= 11 is 2.61. The fraction of sp³-hybridized carbons (Fsp3) is 0.111. The molecule has 0 bridgehead atoms. The molecule has 0 aliphatic carbocycles. The molecular formula is C9H8FN3S2. The highest BCUT2D eigenvalue weighted by Gasteiger charge is 2.07. The molecule has 0 saturated heterocycles. The first kappa shape index (κ1) is 10.4. The summed E-state index contributed by atoms with van der Waals surface area (Å²) in [7, 11) is 0. The summed E-state index contributed by atoms with van der Waals surface area (Å²) in [6, 6.07) is 4.28. The lowest BCUT2D eigenvalue weighted by Crippen LogP contribution is -1.89. The molecule has 2 rings (SSSR count). The van der Waals surface area contributed by atoms with Gasteiger partial charge < -0.3 is 5.73 Å². The predicted molar refractivity (Wildman–Crippen MR) is 59.6 cm³/mol. The fourth-order valence-corrected chi connectivity index (χ4v) is 2.69. The minimum absolute atomic E-state index is 0.298. The number of halogens is 1. The molecule has 0 spiro atoms. The van der Waals surface area contributed by atoms with Gasteiger partial charge in [-0.2, -0.15) is 4.37 Å². The summed E-state index contributed by atoms with van der Waals surface area (Å²) < 4.78 is 17.8. The van der Waals surface area contributed by atoms with E-state index in [0.29, 0.717) is 10.6 Å². The van der Waals surface area contributed by atoms with Crippen molar-refractivity contribution >= 4 is 29.0 Å². The highest BCUT2D eigenvalue weighted by Crippen LogP contribution is 2.33. The molecule has 6 heteroatoms. The number of rotatable bonds is 2. The molecule has 0 aliphatic heterocycles. The van der Waals surface area contributed by atoms with Crippen LogP contribution in [-0.4, -0.2) is 9.36 Å². The zero-order valence-electron chi connectivity index (χ0n) is 7.90. The number of aryl methyl sites for hydroxylation is 1. The van der Waals surface area contributed by atoms with Gasteiger partial charge in [0.2, 0.25) is 0 Å². The molecule has 0 amide bonds. The van der Waals surface area contributed by atoms with Crippen molar-refractivity contribution < 1.29 is 4.39 Å². The van der Waals surface area contributed by atoms with Gasteiger partial charge in [0.05, 0.1) is 0 Å². The maximum absolute atomic E-state index is 13.0. The van der Waals surface area contributed by atoms with Crippen LogP contribution in [0, 0.1) is 12.7 Å². The molecule has 0 saturated carbocycles. The molecule has 3 nitrogen and oxygen atoms in total. The lowest BCUT2D eigenvalue weighted by atomic mass is 10.3. The Labute approximate surface area is 94.7 Å². The molecule has 1 heterocycles. The molecule has 0 fully saturated rings. The highest BCUT2D eigenvalue weighted by molar-refractivity contribution is 8.01. The molecule has 0 unspecified atom stereocenters. The maximum atomic E-state index is 13.0. The minimum Gasteiger partial charge on any atom is -0.398 e. The van der Waals surface area contributed by atoms with Crippen LogP contribution in [0.4, 0.5) is 10.1 Å². The molecule has 2 N–H and O–H groups in total. The van der Waals surface area contributed by atoms with Crippen molar-refractivity contribution in [2.24, 2.45) is 0 Å². The molecular weight excluding hydrogens is 233 g/mol. The standard InChI is InChI=1S/C9H8FN3S2/c1-5-12-9(15-13-5)14-8-4-6(10)2-3-7(8)11/h2-4H,11H2,1H3. The fourth-order valence-electron chi connectivity index (χ4n) is 1.01. The number of nitrogen functional groups attached to an aromatic ring is 1. The third-order valence-corrected chi connectivity index (χ3v) is 3.60. The topological polar surface area (TPSA) is 51.8 Å². The Kier molecular flexibility index (Phi) is 2.88. The Hall–Kier alpha value is -1.14. The summed E-state index contributed by atoms with van der Waals surface area (Å²) in [5, 5.41) is 0. The molecule has 0 atom stereocenters. The second-order valence-corrected chi connectivity index (χ2v) is 4.93. The Morgan fingerprint density at radius 1 is 1.47 bits per heavy atom. The number of anilines is 1. The van der Waals surface area contributed by atoms with E-state index in [1.807, 2.05) is 6.92 Å². The van der Waals surface area contributed by atoms with Crippen LogP contribution in [0.3, 0.4) is 0 Å². The molecule has 1 aromatic carbocycles. The van der Waals surface area contributed by atoms with E-state index in [-0.39, 0.29) is 5.82 Å². The summed E-state index contributed by atoms with van der Waals surface area (Å²) in [5.41, 5.74) is 6.26. The van der Waals surface area contributed by atoms with Gasteiger partial charge in [-0.05, 0) is 36.7 Å². The van der Waals surface area contributed by atoms with Crippen LogP contribution in [0.25, 0.3) is 0 Å². The average molecular weight is 241 g/mol. The van der Waals surface area contributed by atoms with Gasteiger partial charge in [-0.15, -0.1) is 0 Å². The molecule has 78 valence electrons. The first-order valence-corrected chi connectivity index (χ1v) is 5.77. The van der Waals surface area contributed by atoms with Crippen LogP contribution in [-0.2, 0) is 0 Å². The predicted octanol–water partition coefficient (Wildman–Crippen LogP) is 2.72. The number of hydrogen-bond acceptors (Lipinski definition) is 5. The van der Waals surface area contributed by atoms with Crippen LogP contribution in [0.1, 0.15) is 5.82 Å². The Morgan fingerprint density at radius 2 is 2.27 bits per heavy atom. The van der Waals surface area contributed by atoms with E-state index in [9.17, 15) is 4.39 Å². The van der Waals surface area contributed by atoms with E-state index in [2.05, 4.69) is 9.36 Å². The van der Waals surface area contributed by atoms with E-state index in [0.717, 1.165) is 10.2 Å². The van der Waals surface area contributed by atoms with Crippen LogP contribution in [0.2, 0.25) is 0 Å². The molecule has 15 heavy (non-hydrogen) atoms. The van der Waals surface area contributed by atoms with Crippen molar-refractivity contribution in [3.63, 3.8) is 0 Å². The van der Waals surface area contributed by atoms with Crippen molar-refractivity contribution in [2.75, 3.05) is 5.73 Å². The summed E-state index contributed by atoms with van der Waals surface area (Å²) in [4.78, 5) is 4.84.